The molecule has 6 nitrogen and oxygen atoms in total. The van der Waals surface area contributed by atoms with Crippen molar-refractivity contribution in [2.24, 2.45) is 0 Å². The van der Waals surface area contributed by atoms with Gasteiger partial charge in [-0.15, -0.1) is 0 Å². The van der Waals surface area contributed by atoms with E-state index in [2.05, 4.69) is 54.7 Å². The first kappa shape index (κ1) is 21.3. The number of amides is 1. The molecule has 0 aliphatic rings. The van der Waals surface area contributed by atoms with Crippen LogP contribution < -0.4 is 4.90 Å². The lowest BCUT2D eigenvalue weighted by Crippen LogP contribution is -2.38. The number of benzene rings is 2. The van der Waals surface area contributed by atoms with Crippen LogP contribution in [0.15, 0.2) is 42.7 Å². The van der Waals surface area contributed by atoms with E-state index >= 15 is 0 Å². The molecule has 1 amide bonds. The van der Waals surface area contributed by atoms with Crippen LogP contribution in [0.3, 0.4) is 0 Å². The van der Waals surface area contributed by atoms with Gasteiger partial charge in [0.05, 0.1) is 21.3 Å². The maximum absolute atomic E-state index is 13.6. The molecule has 2 aromatic heterocycles. The second kappa shape index (κ2) is 9.08. The Kier molecular flexibility index (Phi) is 6.25. The smallest absolute Gasteiger partial charge is 0.260 e. The quantitative estimate of drug-likeness (QED) is 0.417. The predicted molar refractivity (Wildman–Crippen MR) is 128 cm³/mol. The first-order chi connectivity index (χ1) is 15.0. The zero-order valence-corrected chi connectivity index (χ0v) is 19.2. The number of likely N-dealkylation sites (N-methyl/N-ethyl adjacent to an activating group) is 1. The van der Waals surface area contributed by atoms with Crippen LogP contribution in [0.25, 0.3) is 21.3 Å². The van der Waals surface area contributed by atoms with Gasteiger partial charge in [0, 0.05) is 31.0 Å². The van der Waals surface area contributed by atoms with Crippen LogP contribution in [0.5, 0.6) is 0 Å². The highest BCUT2D eigenvalue weighted by Gasteiger charge is 2.23. The van der Waals surface area contributed by atoms with Crippen LogP contribution >= 0.6 is 11.3 Å². The second-order valence-electron chi connectivity index (χ2n) is 7.59. The Morgan fingerprint density at radius 2 is 1.71 bits per heavy atom. The van der Waals surface area contributed by atoms with Gasteiger partial charge in [0.15, 0.2) is 5.13 Å². The molecule has 0 radical (unpaired) electrons. The van der Waals surface area contributed by atoms with E-state index in [1.807, 2.05) is 23.1 Å². The van der Waals surface area contributed by atoms with Crippen LogP contribution in [-0.2, 0) is 0 Å². The number of hydrogen-bond donors (Lipinski definition) is 0. The maximum Gasteiger partial charge on any atom is 0.260 e. The Bertz CT molecular complexity index is 1230. The van der Waals surface area contributed by atoms with Gasteiger partial charge in [-0.1, -0.05) is 31.3 Å². The largest absolute Gasteiger partial charge is 0.302 e. The maximum atomic E-state index is 13.6. The van der Waals surface area contributed by atoms with Crippen LogP contribution in [0.4, 0.5) is 5.13 Å². The van der Waals surface area contributed by atoms with E-state index < -0.39 is 0 Å². The number of hydrogen-bond acceptors (Lipinski definition) is 6. The monoisotopic (exact) mass is 433 g/mol. The molecule has 2 aromatic carbocycles. The van der Waals surface area contributed by atoms with Gasteiger partial charge in [-0.05, 0) is 62.3 Å². The van der Waals surface area contributed by atoms with Crippen molar-refractivity contribution in [3.05, 3.63) is 59.4 Å². The fourth-order valence-corrected chi connectivity index (χ4v) is 4.70. The zero-order chi connectivity index (χ0) is 22.0. The molecule has 0 bridgehead atoms. The molecule has 160 valence electrons. The van der Waals surface area contributed by atoms with E-state index in [9.17, 15) is 4.79 Å². The minimum atomic E-state index is -0.0619. The summed E-state index contributed by atoms with van der Waals surface area (Å²) in [6, 6.07) is 9.70. The molecular formula is C24H27N5OS. The molecule has 0 aliphatic heterocycles. The lowest BCUT2D eigenvalue weighted by atomic mass is 10.1. The van der Waals surface area contributed by atoms with E-state index in [-0.39, 0.29) is 5.91 Å². The van der Waals surface area contributed by atoms with Crippen molar-refractivity contribution >= 4 is 43.6 Å². The average Bonchev–Trinajstić information content (AvgIpc) is 3.23. The van der Waals surface area contributed by atoms with Gasteiger partial charge in [0.25, 0.3) is 5.91 Å². The number of aryl methyl sites for hydroxylation is 2. The predicted octanol–water partition coefficient (Wildman–Crippen LogP) is 4.84. The summed E-state index contributed by atoms with van der Waals surface area (Å²) in [5, 5.41) is 0.736. The van der Waals surface area contributed by atoms with Crippen molar-refractivity contribution in [1.82, 2.24) is 19.9 Å². The van der Waals surface area contributed by atoms with E-state index in [4.69, 9.17) is 4.98 Å². The van der Waals surface area contributed by atoms with Crippen LogP contribution in [0, 0.1) is 13.8 Å². The van der Waals surface area contributed by atoms with E-state index in [0.29, 0.717) is 17.6 Å². The molecule has 7 heteroatoms. The Balaban J connectivity index is 1.74. The molecule has 2 heterocycles. The number of nitrogens with zero attached hydrogens (tertiary/aromatic N) is 5. The summed E-state index contributed by atoms with van der Waals surface area (Å²) in [6.07, 6.45) is 3.30. The van der Waals surface area contributed by atoms with Gasteiger partial charge in [-0.25, -0.2) is 4.98 Å². The molecule has 0 fully saturated rings. The van der Waals surface area contributed by atoms with E-state index in [0.717, 1.165) is 46.1 Å². The number of carbonyl (C=O) groups is 1. The fraction of sp³-hybridized carbons (Fsp3) is 0.333. The highest BCUT2D eigenvalue weighted by atomic mass is 32.1. The molecule has 0 atom stereocenters. The lowest BCUT2D eigenvalue weighted by molar-refractivity contribution is 0.0984. The van der Waals surface area contributed by atoms with Gasteiger partial charge in [-0.3, -0.25) is 19.7 Å². The van der Waals surface area contributed by atoms with Gasteiger partial charge >= 0.3 is 0 Å². The summed E-state index contributed by atoms with van der Waals surface area (Å²) in [5.74, 6) is -0.0619. The van der Waals surface area contributed by atoms with Gasteiger partial charge < -0.3 is 4.90 Å². The molecule has 31 heavy (non-hydrogen) atoms. The molecule has 4 aromatic rings. The van der Waals surface area contributed by atoms with Crippen LogP contribution in [0.1, 0.15) is 35.3 Å². The summed E-state index contributed by atoms with van der Waals surface area (Å²) >= 11 is 1.57. The van der Waals surface area contributed by atoms with Gasteiger partial charge in [-0.2, -0.15) is 0 Å². The standard InChI is InChI=1S/C24H27N5OS/c1-5-28(6-2)13-14-29(24-27-22-17(4)16(3)7-10-21(22)31-24)23(30)18-8-9-19-20(15-18)26-12-11-25-19/h7-12,15H,5-6,13-14H2,1-4H3. The van der Waals surface area contributed by atoms with E-state index in [1.54, 1.807) is 23.7 Å². The topological polar surface area (TPSA) is 62.2 Å². The van der Waals surface area contributed by atoms with Crippen molar-refractivity contribution in [3.8, 4) is 0 Å². The Morgan fingerprint density at radius 3 is 2.45 bits per heavy atom. The van der Waals surface area contributed by atoms with Gasteiger partial charge in [0.1, 0.15) is 0 Å². The van der Waals surface area contributed by atoms with Crippen LogP contribution in [-0.4, -0.2) is 51.9 Å². The molecular weight excluding hydrogens is 406 g/mol. The normalized spacial score (nSPS) is 11.5. The first-order valence-corrected chi connectivity index (χ1v) is 11.4. The third-order valence-corrected chi connectivity index (χ3v) is 6.84. The zero-order valence-electron chi connectivity index (χ0n) is 18.4. The molecule has 0 aliphatic carbocycles. The van der Waals surface area contributed by atoms with Crippen molar-refractivity contribution in [3.63, 3.8) is 0 Å². The summed E-state index contributed by atoms with van der Waals surface area (Å²) in [5.41, 5.74) is 5.44. The lowest BCUT2D eigenvalue weighted by Gasteiger charge is -2.24. The van der Waals surface area contributed by atoms with Crippen molar-refractivity contribution in [2.45, 2.75) is 27.7 Å². The summed E-state index contributed by atoms with van der Waals surface area (Å²) in [4.78, 5) is 31.3. The third-order valence-electron chi connectivity index (χ3n) is 5.80. The molecule has 0 saturated heterocycles. The summed E-state index contributed by atoms with van der Waals surface area (Å²) in [6.45, 7) is 11.7. The third kappa shape index (κ3) is 4.29. The SMILES string of the molecule is CCN(CC)CCN(C(=O)c1ccc2nccnc2c1)c1nc2c(C)c(C)ccc2s1. The van der Waals surface area contributed by atoms with Gasteiger partial charge in [0.2, 0.25) is 0 Å². The van der Waals surface area contributed by atoms with Crippen molar-refractivity contribution in [1.29, 1.82) is 0 Å². The first-order valence-electron chi connectivity index (χ1n) is 10.6. The Hall–Kier alpha value is -2.90. The molecule has 4 rings (SSSR count). The molecule has 0 spiro atoms. The number of carbonyl (C=O) groups excluding carboxylic acids is 1. The van der Waals surface area contributed by atoms with Crippen LogP contribution in [0.2, 0.25) is 0 Å². The number of thiazole rings is 1. The highest BCUT2D eigenvalue weighted by molar-refractivity contribution is 7.22. The summed E-state index contributed by atoms with van der Waals surface area (Å²) < 4.78 is 1.10. The number of fused-ring (bicyclic) bond motifs is 2. The van der Waals surface area contributed by atoms with Crippen molar-refractivity contribution < 1.29 is 4.79 Å². The van der Waals surface area contributed by atoms with E-state index in [1.165, 1.54) is 5.56 Å². The molecule has 0 N–H and O–H groups in total. The number of rotatable bonds is 7. The second-order valence-corrected chi connectivity index (χ2v) is 8.60. The minimum Gasteiger partial charge on any atom is -0.302 e. The highest BCUT2D eigenvalue weighted by Crippen LogP contribution is 2.32. The fourth-order valence-electron chi connectivity index (χ4n) is 3.65. The minimum absolute atomic E-state index is 0.0619. The number of aromatic nitrogens is 3. The Morgan fingerprint density at radius 1 is 0.968 bits per heavy atom. The summed E-state index contributed by atoms with van der Waals surface area (Å²) in [7, 11) is 0. The Labute approximate surface area is 186 Å². The molecule has 0 saturated carbocycles. The molecule has 0 unspecified atom stereocenters. The van der Waals surface area contributed by atoms with Crippen molar-refractivity contribution in [2.75, 3.05) is 31.1 Å². The average molecular weight is 434 g/mol. The number of anilines is 1.